The first-order valence-corrected chi connectivity index (χ1v) is 8.48. The van der Waals surface area contributed by atoms with Gasteiger partial charge in [0, 0.05) is 27.6 Å². The first-order valence-electron chi connectivity index (χ1n) is 6.42. The average Bonchev–Trinajstić information content (AvgIpc) is 2.81. The molecule has 5 heteroatoms. The summed E-state index contributed by atoms with van der Waals surface area (Å²) in [5.74, 6) is 0.878. The first kappa shape index (κ1) is 15.8. The van der Waals surface area contributed by atoms with Gasteiger partial charge < -0.3 is 10.1 Å². The monoisotopic (exact) mass is 373 g/mol. The Morgan fingerprint density at radius 3 is 2.80 bits per heavy atom. The Balaban J connectivity index is 2.08. The van der Waals surface area contributed by atoms with Crippen molar-refractivity contribution in [1.29, 1.82) is 0 Å². The molecule has 0 aliphatic carbocycles. The van der Waals surface area contributed by atoms with Gasteiger partial charge in [-0.2, -0.15) is 0 Å². The van der Waals surface area contributed by atoms with Crippen LogP contribution in [0.3, 0.4) is 0 Å². The molecule has 1 aromatic heterocycles. The molecule has 0 amide bonds. The second-order valence-corrected chi connectivity index (χ2v) is 7.06. The maximum Gasteiger partial charge on any atom is 0.124 e. The Morgan fingerprint density at radius 1 is 1.35 bits per heavy atom. The highest BCUT2D eigenvalue weighted by molar-refractivity contribution is 9.10. The SMILES string of the molecule is CC(C)NCc1cc(Cl)ccc1OCc1sccc1Br. The summed E-state index contributed by atoms with van der Waals surface area (Å²) in [5.41, 5.74) is 1.08. The highest BCUT2D eigenvalue weighted by Crippen LogP contribution is 2.27. The zero-order valence-electron chi connectivity index (χ0n) is 11.5. The number of nitrogens with one attached hydrogen (secondary N) is 1. The number of thiophene rings is 1. The fourth-order valence-corrected chi connectivity index (χ4v) is 3.29. The molecule has 1 heterocycles. The third kappa shape index (κ3) is 4.48. The molecule has 0 fully saturated rings. The number of hydrogen-bond donors (Lipinski definition) is 1. The van der Waals surface area contributed by atoms with Crippen LogP contribution in [0.4, 0.5) is 0 Å². The van der Waals surface area contributed by atoms with Gasteiger partial charge >= 0.3 is 0 Å². The van der Waals surface area contributed by atoms with Crippen molar-refractivity contribution in [3.63, 3.8) is 0 Å². The van der Waals surface area contributed by atoms with E-state index in [2.05, 4.69) is 35.1 Å². The summed E-state index contributed by atoms with van der Waals surface area (Å²) in [5, 5.41) is 6.17. The van der Waals surface area contributed by atoms with Crippen LogP contribution in [0, 0.1) is 0 Å². The summed E-state index contributed by atoms with van der Waals surface area (Å²) in [6, 6.07) is 8.20. The van der Waals surface area contributed by atoms with Crippen molar-refractivity contribution >= 4 is 38.9 Å². The van der Waals surface area contributed by atoms with E-state index in [4.69, 9.17) is 16.3 Å². The average molecular weight is 375 g/mol. The predicted molar refractivity (Wildman–Crippen MR) is 89.8 cm³/mol. The lowest BCUT2D eigenvalue weighted by molar-refractivity contribution is 0.304. The van der Waals surface area contributed by atoms with Crippen LogP contribution in [0.25, 0.3) is 0 Å². The van der Waals surface area contributed by atoms with Crippen LogP contribution in [-0.2, 0) is 13.2 Å². The summed E-state index contributed by atoms with van der Waals surface area (Å²) in [4.78, 5) is 1.18. The molecule has 0 saturated heterocycles. The minimum Gasteiger partial charge on any atom is -0.488 e. The zero-order valence-corrected chi connectivity index (χ0v) is 14.6. The maximum atomic E-state index is 6.07. The summed E-state index contributed by atoms with van der Waals surface area (Å²) in [6.07, 6.45) is 0. The van der Waals surface area contributed by atoms with Crippen LogP contribution >= 0.6 is 38.9 Å². The molecule has 2 nitrogen and oxygen atoms in total. The molecule has 2 rings (SSSR count). The summed E-state index contributed by atoms with van der Waals surface area (Å²) >= 11 is 11.3. The lowest BCUT2D eigenvalue weighted by atomic mass is 10.2. The highest BCUT2D eigenvalue weighted by atomic mass is 79.9. The van der Waals surface area contributed by atoms with Crippen LogP contribution < -0.4 is 10.1 Å². The molecular formula is C15H17BrClNOS. The molecule has 2 aromatic rings. The minimum absolute atomic E-state index is 0.424. The Morgan fingerprint density at radius 2 is 2.15 bits per heavy atom. The molecule has 0 spiro atoms. The van der Waals surface area contributed by atoms with Crippen molar-refractivity contribution in [2.45, 2.75) is 33.0 Å². The van der Waals surface area contributed by atoms with Gasteiger partial charge in [-0.1, -0.05) is 25.4 Å². The Kier molecular flexibility index (Phi) is 5.90. The van der Waals surface area contributed by atoms with Crippen molar-refractivity contribution in [2.24, 2.45) is 0 Å². The van der Waals surface area contributed by atoms with E-state index in [1.54, 1.807) is 11.3 Å². The van der Waals surface area contributed by atoms with Crippen LogP contribution in [0.2, 0.25) is 5.02 Å². The fraction of sp³-hybridized carbons (Fsp3) is 0.333. The van der Waals surface area contributed by atoms with Gasteiger partial charge in [0.2, 0.25) is 0 Å². The lowest BCUT2D eigenvalue weighted by Crippen LogP contribution is -2.22. The topological polar surface area (TPSA) is 21.3 Å². The lowest BCUT2D eigenvalue weighted by Gasteiger charge is -2.14. The van der Waals surface area contributed by atoms with Crippen molar-refractivity contribution < 1.29 is 4.74 Å². The summed E-state index contributed by atoms with van der Waals surface area (Å²) in [6.45, 7) is 5.55. The van der Waals surface area contributed by atoms with Crippen molar-refractivity contribution in [1.82, 2.24) is 5.32 Å². The van der Waals surface area contributed by atoms with Crippen molar-refractivity contribution in [2.75, 3.05) is 0 Å². The van der Waals surface area contributed by atoms with Crippen LogP contribution in [0.1, 0.15) is 24.3 Å². The highest BCUT2D eigenvalue weighted by Gasteiger charge is 2.08. The van der Waals surface area contributed by atoms with Crippen molar-refractivity contribution in [3.8, 4) is 5.75 Å². The third-order valence-corrected chi connectivity index (χ3v) is 4.91. The first-order chi connectivity index (χ1) is 9.56. The Labute approximate surface area is 137 Å². The molecule has 1 N–H and O–H groups in total. The van der Waals surface area contributed by atoms with Gasteiger partial charge in [0.05, 0.1) is 4.88 Å². The maximum absolute atomic E-state index is 6.07. The van der Waals surface area contributed by atoms with E-state index < -0.39 is 0 Å². The zero-order chi connectivity index (χ0) is 14.5. The predicted octanol–water partition coefficient (Wildman–Crippen LogP) is 5.24. The molecule has 20 heavy (non-hydrogen) atoms. The molecule has 108 valence electrons. The molecule has 0 bridgehead atoms. The summed E-state index contributed by atoms with van der Waals surface area (Å²) < 4.78 is 7.03. The van der Waals surface area contributed by atoms with E-state index in [1.165, 1.54) is 4.88 Å². The number of ether oxygens (including phenoxy) is 1. The minimum atomic E-state index is 0.424. The van der Waals surface area contributed by atoms with Gasteiger partial charge in [-0.15, -0.1) is 11.3 Å². The van der Waals surface area contributed by atoms with Gasteiger partial charge in [-0.05, 0) is 45.6 Å². The fourth-order valence-electron chi connectivity index (χ4n) is 1.71. The molecule has 1 aromatic carbocycles. The quantitative estimate of drug-likeness (QED) is 0.746. The molecule has 0 radical (unpaired) electrons. The van der Waals surface area contributed by atoms with E-state index in [0.29, 0.717) is 12.6 Å². The van der Waals surface area contributed by atoms with E-state index >= 15 is 0 Å². The largest absolute Gasteiger partial charge is 0.488 e. The number of hydrogen-bond acceptors (Lipinski definition) is 3. The van der Waals surface area contributed by atoms with Gasteiger partial charge in [0.15, 0.2) is 0 Å². The Hall–Kier alpha value is -0.550. The number of rotatable bonds is 6. The normalized spacial score (nSPS) is 11.1. The van der Waals surface area contributed by atoms with Gasteiger partial charge in [0.25, 0.3) is 0 Å². The van der Waals surface area contributed by atoms with Crippen LogP contribution in [0.5, 0.6) is 5.75 Å². The molecule has 0 aliphatic rings. The van der Waals surface area contributed by atoms with Gasteiger partial charge in [0.1, 0.15) is 12.4 Å². The molecule has 0 unspecified atom stereocenters. The van der Waals surface area contributed by atoms with E-state index in [9.17, 15) is 0 Å². The van der Waals surface area contributed by atoms with Gasteiger partial charge in [-0.25, -0.2) is 0 Å². The van der Waals surface area contributed by atoms with Crippen LogP contribution in [-0.4, -0.2) is 6.04 Å². The van der Waals surface area contributed by atoms with Gasteiger partial charge in [-0.3, -0.25) is 0 Å². The Bertz CT molecular complexity index is 571. The van der Waals surface area contributed by atoms with Crippen molar-refractivity contribution in [3.05, 3.63) is 49.6 Å². The van der Waals surface area contributed by atoms with E-state index in [0.717, 1.165) is 27.4 Å². The number of benzene rings is 1. The van der Waals surface area contributed by atoms with Crippen LogP contribution in [0.15, 0.2) is 34.1 Å². The van der Waals surface area contributed by atoms with E-state index in [1.807, 2.05) is 29.6 Å². The molecular weight excluding hydrogens is 358 g/mol. The van der Waals surface area contributed by atoms with E-state index in [-0.39, 0.29) is 0 Å². The third-order valence-electron chi connectivity index (χ3n) is 2.77. The standard InChI is InChI=1S/C15H17BrClNOS/c1-10(2)18-8-11-7-12(17)3-4-14(11)19-9-15-13(16)5-6-20-15/h3-7,10,18H,8-9H2,1-2H3. The smallest absolute Gasteiger partial charge is 0.124 e. The second kappa shape index (κ2) is 7.46. The molecule has 0 atom stereocenters. The summed E-state index contributed by atoms with van der Waals surface area (Å²) in [7, 11) is 0. The molecule has 0 aliphatic heterocycles. The second-order valence-electron chi connectivity index (χ2n) is 4.77. The molecule has 0 saturated carbocycles. The number of halogens is 2.